The number of rotatable bonds is 2. The number of ether oxygens (including phenoxy) is 1. The number of aromatic nitrogens is 2. The van der Waals surface area contributed by atoms with Crippen molar-refractivity contribution in [1.29, 1.82) is 0 Å². The number of aromatic hydroxyl groups is 1. The van der Waals surface area contributed by atoms with Gasteiger partial charge in [0.25, 0.3) is 0 Å². The maximum atomic E-state index is 12.0. The molecule has 0 saturated heterocycles. The zero-order valence-corrected chi connectivity index (χ0v) is 10.3. The fraction of sp³-hybridized carbons (Fsp3) is 0.0714. The third-order valence-electron chi connectivity index (χ3n) is 3.01. The lowest BCUT2D eigenvalue weighted by atomic mass is 10.2. The summed E-state index contributed by atoms with van der Waals surface area (Å²) in [5.41, 5.74) is 1.49. The predicted octanol–water partition coefficient (Wildman–Crippen LogP) is 2.03. The lowest BCUT2D eigenvalue weighted by Gasteiger charge is -2.06. The van der Waals surface area contributed by atoms with Gasteiger partial charge in [-0.25, -0.2) is 4.79 Å². The van der Waals surface area contributed by atoms with Crippen molar-refractivity contribution < 1.29 is 9.84 Å². The molecular formula is C14H12N2O3. The molecule has 96 valence electrons. The summed E-state index contributed by atoms with van der Waals surface area (Å²) in [7, 11) is 1.57. The molecule has 3 rings (SSSR count). The number of hydrogen-bond donors (Lipinski definition) is 2. The van der Waals surface area contributed by atoms with Gasteiger partial charge in [0.2, 0.25) is 0 Å². The Morgan fingerprint density at radius 3 is 2.74 bits per heavy atom. The molecule has 0 bridgehead atoms. The second-order valence-electron chi connectivity index (χ2n) is 4.14. The van der Waals surface area contributed by atoms with Crippen molar-refractivity contribution in [3.63, 3.8) is 0 Å². The van der Waals surface area contributed by atoms with E-state index in [4.69, 9.17) is 4.74 Å². The summed E-state index contributed by atoms with van der Waals surface area (Å²) in [6, 6.07) is 12.0. The van der Waals surface area contributed by atoms with Gasteiger partial charge in [-0.15, -0.1) is 0 Å². The molecule has 5 nitrogen and oxygen atoms in total. The quantitative estimate of drug-likeness (QED) is 0.737. The molecule has 0 unspecified atom stereocenters. The second kappa shape index (κ2) is 4.20. The smallest absolute Gasteiger partial charge is 0.331 e. The molecule has 3 aromatic rings. The van der Waals surface area contributed by atoms with E-state index in [9.17, 15) is 9.90 Å². The van der Waals surface area contributed by atoms with Gasteiger partial charge in [0.15, 0.2) is 0 Å². The maximum Gasteiger partial charge on any atom is 0.331 e. The molecule has 0 aliphatic carbocycles. The van der Waals surface area contributed by atoms with Crippen molar-refractivity contribution in [1.82, 2.24) is 9.55 Å². The number of methoxy groups -OCH3 is 1. The fourth-order valence-electron chi connectivity index (χ4n) is 2.11. The van der Waals surface area contributed by atoms with Gasteiger partial charge in [0.1, 0.15) is 11.5 Å². The summed E-state index contributed by atoms with van der Waals surface area (Å²) in [6.07, 6.45) is 0. The SMILES string of the molecule is COc1ccc2c(c1)[nH]c(=O)n2-c1ccccc1O. The van der Waals surface area contributed by atoms with Crippen LogP contribution in [0.2, 0.25) is 0 Å². The van der Waals surface area contributed by atoms with E-state index in [1.54, 1.807) is 49.6 Å². The van der Waals surface area contributed by atoms with Crippen LogP contribution >= 0.6 is 0 Å². The minimum atomic E-state index is -0.301. The number of fused-ring (bicyclic) bond motifs is 1. The third kappa shape index (κ3) is 1.76. The summed E-state index contributed by atoms with van der Waals surface area (Å²) in [4.78, 5) is 14.8. The monoisotopic (exact) mass is 256 g/mol. The Hall–Kier alpha value is -2.69. The molecule has 0 spiro atoms. The lowest BCUT2D eigenvalue weighted by Crippen LogP contribution is -2.14. The Labute approximate surface area is 108 Å². The van der Waals surface area contributed by atoms with E-state index in [-0.39, 0.29) is 11.4 Å². The highest BCUT2D eigenvalue weighted by atomic mass is 16.5. The first-order valence-corrected chi connectivity index (χ1v) is 5.78. The molecule has 5 heteroatoms. The summed E-state index contributed by atoms with van der Waals surface area (Å²) in [6.45, 7) is 0. The largest absolute Gasteiger partial charge is 0.506 e. The summed E-state index contributed by atoms with van der Waals surface area (Å²) in [5.74, 6) is 0.722. The summed E-state index contributed by atoms with van der Waals surface area (Å²) in [5, 5.41) is 9.87. The predicted molar refractivity (Wildman–Crippen MR) is 72.1 cm³/mol. The number of nitrogens with one attached hydrogen (secondary N) is 1. The first-order valence-electron chi connectivity index (χ1n) is 5.78. The highest BCUT2D eigenvalue weighted by Crippen LogP contribution is 2.25. The van der Waals surface area contributed by atoms with E-state index in [1.165, 1.54) is 4.57 Å². The number of aromatic amines is 1. The van der Waals surface area contributed by atoms with Crippen LogP contribution in [0.3, 0.4) is 0 Å². The number of phenolic OH excluding ortho intramolecular Hbond substituents is 1. The maximum absolute atomic E-state index is 12.0. The molecule has 0 amide bonds. The second-order valence-corrected chi connectivity index (χ2v) is 4.14. The van der Waals surface area contributed by atoms with Gasteiger partial charge >= 0.3 is 5.69 Å². The van der Waals surface area contributed by atoms with Crippen molar-refractivity contribution in [3.8, 4) is 17.2 Å². The van der Waals surface area contributed by atoms with Gasteiger partial charge in [-0.05, 0) is 24.3 Å². The number of imidazole rings is 1. The van der Waals surface area contributed by atoms with Gasteiger partial charge in [-0.1, -0.05) is 12.1 Å². The number of benzene rings is 2. The molecule has 0 aliphatic heterocycles. The van der Waals surface area contributed by atoms with E-state index >= 15 is 0 Å². The third-order valence-corrected chi connectivity index (χ3v) is 3.01. The Bertz CT molecular complexity index is 802. The molecule has 2 aromatic carbocycles. The minimum absolute atomic E-state index is 0.0568. The van der Waals surface area contributed by atoms with Crippen molar-refractivity contribution in [3.05, 3.63) is 52.9 Å². The van der Waals surface area contributed by atoms with E-state index < -0.39 is 0 Å². The molecule has 19 heavy (non-hydrogen) atoms. The number of hydrogen-bond acceptors (Lipinski definition) is 3. The van der Waals surface area contributed by atoms with Crippen LogP contribution in [-0.2, 0) is 0 Å². The molecule has 0 fully saturated rings. The van der Waals surface area contributed by atoms with Crippen LogP contribution in [-0.4, -0.2) is 21.8 Å². The average molecular weight is 256 g/mol. The molecule has 1 heterocycles. The van der Waals surface area contributed by atoms with Crippen LogP contribution in [0.4, 0.5) is 0 Å². The van der Waals surface area contributed by atoms with Crippen molar-refractivity contribution in [2.24, 2.45) is 0 Å². The number of para-hydroxylation sites is 2. The van der Waals surface area contributed by atoms with Crippen LogP contribution in [0.1, 0.15) is 0 Å². The molecule has 0 atom stereocenters. The molecule has 1 aromatic heterocycles. The van der Waals surface area contributed by atoms with Gasteiger partial charge in [-0.3, -0.25) is 4.57 Å². The molecule has 0 radical (unpaired) electrons. The Balaban J connectivity index is 2.33. The van der Waals surface area contributed by atoms with E-state index in [1.807, 2.05) is 0 Å². The van der Waals surface area contributed by atoms with E-state index in [0.717, 1.165) is 0 Å². The zero-order valence-electron chi connectivity index (χ0n) is 10.3. The molecule has 2 N–H and O–H groups in total. The topological polar surface area (TPSA) is 67.2 Å². The molecule has 0 aliphatic rings. The first kappa shape index (κ1) is 11.4. The highest BCUT2D eigenvalue weighted by Gasteiger charge is 2.11. The van der Waals surface area contributed by atoms with E-state index in [0.29, 0.717) is 22.5 Å². The zero-order chi connectivity index (χ0) is 13.4. The van der Waals surface area contributed by atoms with Crippen LogP contribution in [0.5, 0.6) is 11.5 Å². The Morgan fingerprint density at radius 1 is 1.21 bits per heavy atom. The van der Waals surface area contributed by atoms with Crippen molar-refractivity contribution in [2.45, 2.75) is 0 Å². The van der Waals surface area contributed by atoms with Crippen LogP contribution in [0, 0.1) is 0 Å². The molecular weight excluding hydrogens is 244 g/mol. The Morgan fingerprint density at radius 2 is 2.00 bits per heavy atom. The lowest BCUT2D eigenvalue weighted by molar-refractivity contribution is 0.415. The first-order chi connectivity index (χ1) is 9.20. The van der Waals surface area contributed by atoms with Gasteiger partial charge < -0.3 is 14.8 Å². The van der Waals surface area contributed by atoms with Crippen LogP contribution in [0.15, 0.2) is 47.3 Å². The van der Waals surface area contributed by atoms with Gasteiger partial charge in [-0.2, -0.15) is 0 Å². The van der Waals surface area contributed by atoms with Crippen molar-refractivity contribution in [2.75, 3.05) is 7.11 Å². The van der Waals surface area contributed by atoms with Gasteiger partial charge in [0.05, 0.1) is 23.8 Å². The minimum Gasteiger partial charge on any atom is -0.506 e. The van der Waals surface area contributed by atoms with E-state index in [2.05, 4.69) is 4.98 Å². The number of nitrogens with zero attached hydrogens (tertiary/aromatic N) is 1. The number of phenols is 1. The van der Waals surface area contributed by atoms with Crippen molar-refractivity contribution >= 4 is 11.0 Å². The highest BCUT2D eigenvalue weighted by molar-refractivity contribution is 5.79. The summed E-state index contributed by atoms with van der Waals surface area (Å²) < 4.78 is 6.55. The Kier molecular flexibility index (Phi) is 2.52. The van der Waals surface area contributed by atoms with Crippen LogP contribution < -0.4 is 10.4 Å². The average Bonchev–Trinajstić information content (AvgIpc) is 2.74. The fourth-order valence-corrected chi connectivity index (χ4v) is 2.11. The number of H-pyrrole nitrogens is 1. The van der Waals surface area contributed by atoms with Crippen LogP contribution in [0.25, 0.3) is 16.7 Å². The normalized spacial score (nSPS) is 10.8. The summed E-state index contributed by atoms with van der Waals surface area (Å²) >= 11 is 0. The van der Waals surface area contributed by atoms with Gasteiger partial charge in [0, 0.05) is 6.07 Å². The standard InChI is InChI=1S/C14H12N2O3/c1-19-9-6-7-11-10(8-9)15-14(18)16(11)12-4-2-3-5-13(12)17/h2-8,17H,1H3,(H,15,18). The molecule has 0 saturated carbocycles.